The maximum Gasteiger partial charge on any atom is 0.303 e. The summed E-state index contributed by atoms with van der Waals surface area (Å²) in [5.41, 5.74) is 1.18. The van der Waals surface area contributed by atoms with Gasteiger partial charge in [-0.3, -0.25) is 14.2 Å². The number of aliphatic hydroxyl groups is 1. The number of rotatable bonds is 5. The topological polar surface area (TPSA) is 99.8 Å². The number of carbonyl (C=O) groups is 2. The van der Waals surface area contributed by atoms with Crippen molar-refractivity contribution in [1.82, 2.24) is 4.57 Å². The highest BCUT2D eigenvalue weighted by Crippen LogP contribution is 2.33. The number of ketones is 1. The number of aromatic hydroxyl groups is 1. The van der Waals surface area contributed by atoms with E-state index >= 15 is 0 Å². The molecule has 8 heteroatoms. The Morgan fingerprint density at radius 1 is 1.27 bits per heavy atom. The van der Waals surface area contributed by atoms with Crippen molar-refractivity contribution in [3.63, 3.8) is 0 Å². The Balaban J connectivity index is 1.95. The third-order valence-corrected chi connectivity index (χ3v) is 5.35. The van der Waals surface area contributed by atoms with Crippen LogP contribution >= 0.6 is 23.6 Å². The fourth-order valence-electron chi connectivity index (χ4n) is 2.68. The van der Waals surface area contributed by atoms with Gasteiger partial charge in [-0.1, -0.05) is 24.3 Å². The fraction of sp³-hybridized carbons (Fsp3) is 0.167. The summed E-state index contributed by atoms with van der Waals surface area (Å²) in [5.74, 6) is -1.57. The zero-order valence-electron chi connectivity index (χ0n) is 13.5. The first kappa shape index (κ1) is 18.1. The van der Waals surface area contributed by atoms with E-state index in [-0.39, 0.29) is 36.0 Å². The highest BCUT2D eigenvalue weighted by molar-refractivity contribution is 7.73. The van der Waals surface area contributed by atoms with Crippen LogP contribution in [0.25, 0.3) is 12.2 Å². The maximum atomic E-state index is 12.6. The monoisotopic (exact) mass is 389 g/mol. The predicted molar refractivity (Wildman–Crippen MR) is 101 cm³/mol. The molecule has 1 aliphatic rings. The summed E-state index contributed by atoms with van der Waals surface area (Å²) in [6.07, 6.45) is 3.20. The van der Waals surface area contributed by atoms with Gasteiger partial charge < -0.3 is 15.3 Å². The Morgan fingerprint density at radius 3 is 2.73 bits per heavy atom. The van der Waals surface area contributed by atoms with Crippen molar-refractivity contribution in [2.75, 3.05) is 0 Å². The van der Waals surface area contributed by atoms with E-state index in [0.717, 1.165) is 11.3 Å². The van der Waals surface area contributed by atoms with Crippen LogP contribution in [0.15, 0.2) is 35.6 Å². The second-order valence-corrected chi connectivity index (χ2v) is 7.38. The number of nitrogens with zero attached hydrogens (tertiary/aromatic N) is 1. The number of benzene rings is 1. The molecule has 0 amide bonds. The molecule has 6 nitrogen and oxygen atoms in total. The molecule has 3 N–H and O–H groups in total. The van der Waals surface area contributed by atoms with Gasteiger partial charge in [-0.05, 0) is 36.4 Å². The van der Waals surface area contributed by atoms with E-state index in [1.165, 1.54) is 16.7 Å². The van der Waals surface area contributed by atoms with Crippen LogP contribution in [-0.4, -0.2) is 31.6 Å². The van der Waals surface area contributed by atoms with Crippen LogP contribution in [0.2, 0.25) is 0 Å². The van der Waals surface area contributed by atoms with Gasteiger partial charge in [0.05, 0.1) is 10.5 Å². The van der Waals surface area contributed by atoms with E-state index in [0.29, 0.717) is 26.4 Å². The van der Waals surface area contributed by atoms with Crippen LogP contribution in [0, 0.1) is 3.95 Å². The summed E-state index contributed by atoms with van der Waals surface area (Å²) in [7, 11) is 0. The number of hydrogen-bond acceptors (Lipinski definition) is 6. The first-order chi connectivity index (χ1) is 12.4. The van der Waals surface area contributed by atoms with Crippen molar-refractivity contribution in [2.45, 2.75) is 19.4 Å². The molecule has 0 spiro atoms. The molecule has 1 aromatic carbocycles. The maximum absolute atomic E-state index is 12.6. The molecule has 1 aliphatic carbocycles. The Kier molecular flexibility index (Phi) is 5.06. The minimum Gasteiger partial charge on any atom is -0.507 e. The molecular formula is C18H15NO5S2. The molecule has 0 atom stereocenters. The molecule has 1 heterocycles. The van der Waals surface area contributed by atoms with Gasteiger partial charge in [0.25, 0.3) is 0 Å². The van der Waals surface area contributed by atoms with E-state index < -0.39 is 5.97 Å². The third kappa shape index (κ3) is 3.47. The van der Waals surface area contributed by atoms with Crippen molar-refractivity contribution < 1.29 is 24.9 Å². The number of fused-ring (bicyclic) bond motifs is 1. The normalized spacial score (nSPS) is 15.0. The number of Topliss-reactive ketones (excluding diaryl/α,β-unsaturated/α-hetero) is 1. The van der Waals surface area contributed by atoms with Gasteiger partial charge >= 0.3 is 5.97 Å². The fourth-order valence-corrected chi connectivity index (χ4v) is 3.98. The SMILES string of the molecule is O=C(O)CCCn1c(O)c(/C=C2/C(=O)c3ccccc3C=C2O)sc1=S. The van der Waals surface area contributed by atoms with E-state index in [1.54, 1.807) is 24.3 Å². The Hall–Kier alpha value is -2.71. The van der Waals surface area contributed by atoms with Gasteiger partial charge in [-0.15, -0.1) is 11.3 Å². The van der Waals surface area contributed by atoms with Crippen LogP contribution in [0.5, 0.6) is 5.88 Å². The van der Waals surface area contributed by atoms with Crippen molar-refractivity contribution in [1.29, 1.82) is 0 Å². The second-order valence-electron chi connectivity index (χ2n) is 5.71. The number of hydrogen-bond donors (Lipinski definition) is 3. The lowest BCUT2D eigenvalue weighted by Gasteiger charge is -2.14. The largest absolute Gasteiger partial charge is 0.507 e. The lowest BCUT2D eigenvalue weighted by Crippen LogP contribution is -2.12. The summed E-state index contributed by atoms with van der Waals surface area (Å²) in [6.45, 7) is 0.259. The van der Waals surface area contributed by atoms with Gasteiger partial charge in [-0.2, -0.15) is 0 Å². The minimum atomic E-state index is -0.921. The molecule has 3 rings (SSSR count). The lowest BCUT2D eigenvalue weighted by molar-refractivity contribution is -0.137. The first-order valence-corrected chi connectivity index (χ1v) is 9.02. The summed E-state index contributed by atoms with van der Waals surface area (Å²) in [6, 6.07) is 6.93. The zero-order chi connectivity index (χ0) is 18.8. The van der Waals surface area contributed by atoms with Crippen molar-refractivity contribution >= 4 is 47.5 Å². The Bertz CT molecular complexity index is 1010. The number of allylic oxidation sites excluding steroid dienone is 1. The predicted octanol–water partition coefficient (Wildman–Crippen LogP) is 4.03. The molecule has 0 radical (unpaired) electrons. The molecule has 0 unspecified atom stereocenters. The number of thiazole rings is 1. The smallest absolute Gasteiger partial charge is 0.303 e. The van der Waals surface area contributed by atoms with Crippen molar-refractivity contribution in [3.05, 3.63) is 55.6 Å². The van der Waals surface area contributed by atoms with Crippen LogP contribution < -0.4 is 0 Å². The Labute approximate surface area is 158 Å². The van der Waals surface area contributed by atoms with E-state index in [1.807, 2.05) is 0 Å². The van der Waals surface area contributed by atoms with Crippen molar-refractivity contribution in [2.24, 2.45) is 0 Å². The highest BCUT2D eigenvalue weighted by atomic mass is 32.1. The number of carbonyl (C=O) groups excluding carboxylic acids is 1. The van der Waals surface area contributed by atoms with Crippen molar-refractivity contribution in [3.8, 4) is 5.88 Å². The van der Waals surface area contributed by atoms with Gasteiger partial charge in [0.15, 0.2) is 9.74 Å². The third-order valence-electron chi connectivity index (χ3n) is 3.96. The number of carboxylic acid groups (broad SMARTS) is 1. The molecule has 134 valence electrons. The molecule has 0 bridgehead atoms. The number of aliphatic hydroxyl groups excluding tert-OH is 1. The molecule has 26 heavy (non-hydrogen) atoms. The van der Waals surface area contributed by atoms with E-state index in [9.17, 15) is 19.8 Å². The summed E-state index contributed by atoms with van der Waals surface area (Å²) in [4.78, 5) is 23.6. The van der Waals surface area contributed by atoms with Gasteiger partial charge in [0.2, 0.25) is 5.88 Å². The van der Waals surface area contributed by atoms with Gasteiger partial charge in [0.1, 0.15) is 5.76 Å². The molecule has 0 saturated carbocycles. The van der Waals surface area contributed by atoms with E-state index in [4.69, 9.17) is 17.3 Å². The average Bonchev–Trinajstić information content (AvgIpc) is 2.85. The second kappa shape index (κ2) is 7.27. The van der Waals surface area contributed by atoms with Crippen LogP contribution in [0.4, 0.5) is 0 Å². The minimum absolute atomic E-state index is 0.0354. The summed E-state index contributed by atoms with van der Waals surface area (Å²) < 4.78 is 1.80. The molecule has 0 saturated heterocycles. The zero-order valence-corrected chi connectivity index (χ0v) is 15.1. The number of aromatic nitrogens is 1. The molecule has 2 aromatic rings. The van der Waals surface area contributed by atoms with Gasteiger partial charge in [0, 0.05) is 18.5 Å². The lowest BCUT2D eigenvalue weighted by atomic mass is 9.91. The van der Waals surface area contributed by atoms with Crippen LogP contribution in [0.1, 0.15) is 33.6 Å². The molecule has 0 fully saturated rings. The standard InChI is InChI=1S/C18H15NO5S2/c20-13-8-10-4-1-2-5-11(10)16(23)12(13)9-14-17(24)19(18(25)26-14)7-3-6-15(21)22/h1-2,4-5,8-9,20,24H,3,6-7H2,(H,21,22)/b12-9+. The number of aliphatic carboxylic acids is 1. The Morgan fingerprint density at radius 2 is 2.00 bits per heavy atom. The summed E-state index contributed by atoms with van der Waals surface area (Å²) >= 11 is 6.30. The van der Waals surface area contributed by atoms with Gasteiger partial charge in [-0.25, -0.2) is 0 Å². The van der Waals surface area contributed by atoms with Crippen LogP contribution in [-0.2, 0) is 11.3 Å². The quantitative estimate of drug-likeness (QED) is 0.527. The first-order valence-electron chi connectivity index (χ1n) is 7.79. The highest BCUT2D eigenvalue weighted by Gasteiger charge is 2.24. The van der Waals surface area contributed by atoms with Crippen LogP contribution in [0.3, 0.4) is 0 Å². The summed E-state index contributed by atoms with van der Waals surface area (Å²) in [5, 5.41) is 29.3. The molecule has 1 aromatic heterocycles. The molecular weight excluding hydrogens is 374 g/mol. The molecule has 0 aliphatic heterocycles. The average molecular weight is 389 g/mol. The van der Waals surface area contributed by atoms with E-state index in [2.05, 4.69) is 0 Å². The number of carboxylic acids is 1.